The van der Waals surface area contributed by atoms with E-state index in [0.29, 0.717) is 24.3 Å². The van der Waals surface area contributed by atoms with E-state index in [4.69, 9.17) is 5.26 Å². The Morgan fingerprint density at radius 3 is 2.36 bits per heavy atom. The Hall–Kier alpha value is -2.34. The number of hydrogen-bond acceptors (Lipinski definition) is 5. The second-order valence-corrected chi connectivity index (χ2v) is 8.99. The van der Waals surface area contributed by atoms with Crippen molar-refractivity contribution in [2.45, 2.75) is 30.7 Å². The molecule has 2 aromatic carbocycles. The molecule has 2 N–H and O–H groups in total. The van der Waals surface area contributed by atoms with Crippen molar-refractivity contribution < 1.29 is 13.2 Å². The largest absolute Gasteiger partial charge is 0.325 e. The number of nitrogens with one attached hydrogen (secondary N) is 2. The van der Waals surface area contributed by atoms with Gasteiger partial charge in [-0.25, -0.2) is 8.42 Å². The summed E-state index contributed by atoms with van der Waals surface area (Å²) in [5.41, 5.74) is 2.35. The first-order chi connectivity index (χ1) is 13.4. The quantitative estimate of drug-likeness (QED) is 0.653. The molecule has 0 spiro atoms. The fourth-order valence-electron chi connectivity index (χ4n) is 2.48. The first kappa shape index (κ1) is 22.0. The SMILES string of the molecule is CSCCC(NS(=O)(=O)c1ccc(C)cc1)C(=O)Nc1ccc(CC#N)cc1. The third kappa shape index (κ3) is 6.37. The number of nitrogens with zero attached hydrogens (tertiary/aromatic N) is 1. The Labute approximate surface area is 170 Å². The van der Waals surface area contributed by atoms with Crippen molar-refractivity contribution in [3.8, 4) is 6.07 Å². The van der Waals surface area contributed by atoms with Gasteiger partial charge in [0.15, 0.2) is 0 Å². The van der Waals surface area contributed by atoms with Gasteiger partial charge in [0.2, 0.25) is 15.9 Å². The van der Waals surface area contributed by atoms with Gasteiger partial charge in [-0.05, 0) is 55.2 Å². The summed E-state index contributed by atoms with van der Waals surface area (Å²) in [5, 5.41) is 11.5. The van der Waals surface area contributed by atoms with Crippen LogP contribution < -0.4 is 10.0 Å². The summed E-state index contributed by atoms with van der Waals surface area (Å²) < 4.78 is 27.8. The molecule has 0 fully saturated rings. The second kappa shape index (κ2) is 10.3. The lowest BCUT2D eigenvalue weighted by Crippen LogP contribution is -2.44. The average Bonchev–Trinajstić information content (AvgIpc) is 2.67. The first-order valence-electron chi connectivity index (χ1n) is 8.70. The number of amides is 1. The molecular weight excluding hydrogens is 394 g/mol. The van der Waals surface area contributed by atoms with Crippen LogP contribution in [0, 0.1) is 18.3 Å². The van der Waals surface area contributed by atoms with Crippen molar-refractivity contribution in [3.05, 3.63) is 59.7 Å². The van der Waals surface area contributed by atoms with Crippen molar-refractivity contribution >= 4 is 33.4 Å². The highest BCUT2D eigenvalue weighted by atomic mass is 32.2. The van der Waals surface area contributed by atoms with Crippen LogP contribution in [0.3, 0.4) is 0 Å². The maximum Gasteiger partial charge on any atom is 0.242 e. The third-order valence-electron chi connectivity index (χ3n) is 4.06. The maximum absolute atomic E-state index is 12.7. The van der Waals surface area contributed by atoms with Gasteiger partial charge in [-0.1, -0.05) is 29.8 Å². The minimum atomic E-state index is -3.81. The van der Waals surface area contributed by atoms with Crippen LogP contribution in [0.5, 0.6) is 0 Å². The zero-order chi connectivity index (χ0) is 20.6. The maximum atomic E-state index is 12.7. The summed E-state index contributed by atoms with van der Waals surface area (Å²) in [6, 6.07) is 14.6. The van der Waals surface area contributed by atoms with Crippen LogP contribution in [0.2, 0.25) is 0 Å². The van der Waals surface area contributed by atoms with Gasteiger partial charge in [0.1, 0.15) is 6.04 Å². The van der Waals surface area contributed by atoms with Gasteiger partial charge in [-0.15, -0.1) is 0 Å². The van der Waals surface area contributed by atoms with Gasteiger partial charge < -0.3 is 5.32 Å². The van der Waals surface area contributed by atoms with E-state index in [0.717, 1.165) is 11.1 Å². The molecule has 2 aromatic rings. The van der Waals surface area contributed by atoms with Crippen LogP contribution in [0.1, 0.15) is 17.5 Å². The lowest BCUT2D eigenvalue weighted by atomic mass is 10.1. The van der Waals surface area contributed by atoms with E-state index in [1.807, 2.05) is 13.2 Å². The van der Waals surface area contributed by atoms with E-state index in [-0.39, 0.29) is 4.90 Å². The number of benzene rings is 2. The van der Waals surface area contributed by atoms with E-state index in [1.54, 1.807) is 36.4 Å². The summed E-state index contributed by atoms with van der Waals surface area (Å²) in [6.07, 6.45) is 2.56. The molecule has 0 aliphatic rings. The van der Waals surface area contributed by atoms with Crippen molar-refractivity contribution in [2.24, 2.45) is 0 Å². The summed E-state index contributed by atoms with van der Waals surface area (Å²) in [7, 11) is -3.81. The van der Waals surface area contributed by atoms with Crippen molar-refractivity contribution in [1.82, 2.24) is 4.72 Å². The summed E-state index contributed by atoms with van der Waals surface area (Å²) in [5.74, 6) is 0.216. The van der Waals surface area contributed by atoms with Crippen LogP contribution in [-0.2, 0) is 21.2 Å². The molecule has 6 nitrogen and oxygen atoms in total. The van der Waals surface area contributed by atoms with E-state index >= 15 is 0 Å². The van der Waals surface area contributed by atoms with E-state index in [2.05, 4.69) is 16.1 Å². The minimum absolute atomic E-state index is 0.126. The van der Waals surface area contributed by atoms with Crippen LogP contribution in [0.4, 0.5) is 5.69 Å². The summed E-state index contributed by atoms with van der Waals surface area (Å²) >= 11 is 1.54. The molecule has 0 aliphatic heterocycles. The highest BCUT2D eigenvalue weighted by Crippen LogP contribution is 2.15. The molecule has 1 unspecified atom stereocenters. The highest BCUT2D eigenvalue weighted by Gasteiger charge is 2.25. The normalized spacial score (nSPS) is 12.2. The van der Waals surface area contributed by atoms with Gasteiger partial charge in [-0.3, -0.25) is 4.79 Å². The first-order valence-corrected chi connectivity index (χ1v) is 11.6. The average molecular weight is 418 g/mol. The lowest BCUT2D eigenvalue weighted by molar-refractivity contribution is -0.117. The highest BCUT2D eigenvalue weighted by molar-refractivity contribution is 7.98. The van der Waals surface area contributed by atoms with Gasteiger partial charge in [0.05, 0.1) is 17.4 Å². The number of thioether (sulfide) groups is 1. The number of carbonyl (C=O) groups is 1. The number of carbonyl (C=O) groups excluding carboxylic acids is 1. The molecule has 1 amide bonds. The summed E-state index contributed by atoms with van der Waals surface area (Å²) in [4.78, 5) is 12.8. The van der Waals surface area contributed by atoms with Crippen LogP contribution in [0.25, 0.3) is 0 Å². The second-order valence-electron chi connectivity index (χ2n) is 6.29. The molecule has 1 atom stereocenters. The number of aryl methyl sites for hydroxylation is 1. The fraction of sp³-hybridized carbons (Fsp3) is 0.300. The van der Waals surface area contributed by atoms with E-state index in [1.165, 1.54) is 23.9 Å². The Morgan fingerprint density at radius 2 is 1.79 bits per heavy atom. The zero-order valence-corrected chi connectivity index (χ0v) is 17.4. The molecule has 2 rings (SSSR count). The van der Waals surface area contributed by atoms with Gasteiger partial charge in [0.25, 0.3) is 0 Å². The number of hydrogen-bond donors (Lipinski definition) is 2. The number of anilines is 1. The van der Waals surface area contributed by atoms with Gasteiger partial charge in [0, 0.05) is 5.69 Å². The van der Waals surface area contributed by atoms with Crippen molar-refractivity contribution in [1.29, 1.82) is 5.26 Å². The topological polar surface area (TPSA) is 99.1 Å². The van der Waals surface area contributed by atoms with Crippen molar-refractivity contribution in [3.63, 3.8) is 0 Å². The third-order valence-corrected chi connectivity index (χ3v) is 6.19. The molecule has 8 heteroatoms. The molecule has 0 heterocycles. The van der Waals surface area contributed by atoms with Crippen LogP contribution in [-0.4, -0.2) is 32.4 Å². The molecule has 0 bridgehead atoms. The Kier molecular flexibility index (Phi) is 8.05. The lowest BCUT2D eigenvalue weighted by Gasteiger charge is -2.18. The van der Waals surface area contributed by atoms with Gasteiger partial charge >= 0.3 is 0 Å². The Morgan fingerprint density at radius 1 is 1.14 bits per heavy atom. The predicted octanol–water partition coefficient (Wildman–Crippen LogP) is 3.10. The minimum Gasteiger partial charge on any atom is -0.325 e. The van der Waals surface area contributed by atoms with E-state index in [9.17, 15) is 13.2 Å². The summed E-state index contributed by atoms with van der Waals surface area (Å²) in [6.45, 7) is 1.88. The molecule has 0 aromatic heterocycles. The molecule has 0 saturated carbocycles. The monoisotopic (exact) mass is 417 g/mol. The Bertz CT molecular complexity index is 934. The molecule has 0 radical (unpaired) electrons. The fourth-order valence-corrected chi connectivity index (χ4v) is 4.18. The van der Waals surface area contributed by atoms with Crippen molar-refractivity contribution in [2.75, 3.05) is 17.3 Å². The van der Waals surface area contributed by atoms with Gasteiger partial charge in [-0.2, -0.15) is 21.7 Å². The van der Waals surface area contributed by atoms with Crippen LogP contribution >= 0.6 is 11.8 Å². The number of nitriles is 1. The van der Waals surface area contributed by atoms with Crippen LogP contribution in [0.15, 0.2) is 53.4 Å². The molecule has 0 saturated heterocycles. The molecule has 28 heavy (non-hydrogen) atoms. The number of sulfonamides is 1. The number of rotatable bonds is 9. The zero-order valence-electron chi connectivity index (χ0n) is 15.8. The molecule has 0 aliphatic carbocycles. The molecular formula is C20H23N3O3S2. The standard InChI is InChI=1S/C20H23N3O3S2/c1-15-3-9-18(10-4-15)28(25,26)23-19(12-14-27-2)20(24)22-17-7-5-16(6-8-17)11-13-21/h3-10,19,23H,11-12,14H2,1-2H3,(H,22,24). The van der Waals surface area contributed by atoms with E-state index < -0.39 is 22.0 Å². The Balaban J connectivity index is 2.14. The smallest absolute Gasteiger partial charge is 0.242 e. The predicted molar refractivity (Wildman–Crippen MR) is 113 cm³/mol. The molecule has 148 valence electrons.